The number of benzene rings is 1. The molecule has 0 atom stereocenters. The van der Waals surface area contributed by atoms with Gasteiger partial charge in [-0.15, -0.1) is 0 Å². The second-order valence-electron chi connectivity index (χ2n) is 3.90. The van der Waals surface area contributed by atoms with Crippen molar-refractivity contribution in [3.63, 3.8) is 0 Å². The molecule has 0 amide bonds. The van der Waals surface area contributed by atoms with Crippen LogP contribution in [-0.4, -0.2) is 18.3 Å². The van der Waals surface area contributed by atoms with E-state index in [9.17, 15) is 0 Å². The summed E-state index contributed by atoms with van der Waals surface area (Å²) in [4.78, 5) is 3.52. The van der Waals surface area contributed by atoms with Gasteiger partial charge in [-0.1, -0.05) is 38.1 Å². The molecule has 0 bridgehead atoms. The fourth-order valence-electron chi connectivity index (χ4n) is 1.34. The second-order valence-corrected chi connectivity index (χ2v) is 5.01. The normalized spacial score (nSPS) is 10.4. The molecule has 0 saturated carbocycles. The molecule has 0 fully saturated rings. The summed E-state index contributed by atoms with van der Waals surface area (Å²) >= 11 is 1.87. The molecule has 1 rings (SSSR count). The topological polar surface area (TPSA) is 16.4 Å². The van der Waals surface area contributed by atoms with Crippen molar-refractivity contribution < 1.29 is 0 Å². The van der Waals surface area contributed by atoms with E-state index in [1.54, 1.807) is 0 Å². The Morgan fingerprint density at radius 2 is 2.12 bits per heavy atom. The third-order valence-corrected chi connectivity index (χ3v) is 3.18. The average molecular weight is 234 g/mol. The Hall–Kier alpha value is -0.980. The largest absolute Gasteiger partial charge is 0.314 e. The van der Waals surface area contributed by atoms with Crippen LogP contribution in [0.1, 0.15) is 19.4 Å². The minimum Gasteiger partial charge on any atom is -0.314 e. The molecule has 3 heteroatoms. The van der Waals surface area contributed by atoms with E-state index in [1.165, 1.54) is 0 Å². The monoisotopic (exact) mass is 234 g/mol. The molecular formula is C13H18N2S. The van der Waals surface area contributed by atoms with E-state index in [0.29, 0.717) is 6.04 Å². The first kappa shape index (κ1) is 13.1. The van der Waals surface area contributed by atoms with E-state index in [1.807, 2.05) is 36.0 Å². The number of hydrogen-bond acceptors (Lipinski definition) is 2. The van der Waals surface area contributed by atoms with Gasteiger partial charge in [-0.2, -0.15) is 11.8 Å². The molecule has 1 aromatic carbocycles. The van der Waals surface area contributed by atoms with Crippen molar-refractivity contribution in [3.05, 3.63) is 41.2 Å². The Balaban J connectivity index is 2.30. The Kier molecular flexibility index (Phi) is 5.99. The fraction of sp³-hybridized carbons (Fsp3) is 0.462. The maximum absolute atomic E-state index is 7.06. The first-order valence-electron chi connectivity index (χ1n) is 5.50. The average Bonchev–Trinajstić information content (AvgIpc) is 2.29. The van der Waals surface area contributed by atoms with Crippen molar-refractivity contribution in [3.8, 4) is 0 Å². The molecule has 86 valence electrons. The van der Waals surface area contributed by atoms with Gasteiger partial charge in [0.25, 0.3) is 0 Å². The number of hydrogen-bond donors (Lipinski definition) is 1. The van der Waals surface area contributed by atoms with Crippen LogP contribution in [0, 0.1) is 6.57 Å². The first-order valence-corrected chi connectivity index (χ1v) is 6.66. The SMILES string of the molecule is [C-]#[N+]c1ccccc1CSCCNC(C)C. The van der Waals surface area contributed by atoms with E-state index in [0.717, 1.165) is 29.3 Å². The third kappa shape index (κ3) is 4.69. The Morgan fingerprint density at radius 1 is 1.38 bits per heavy atom. The summed E-state index contributed by atoms with van der Waals surface area (Å²) in [6, 6.07) is 8.39. The third-order valence-electron chi connectivity index (χ3n) is 2.17. The highest BCUT2D eigenvalue weighted by Gasteiger charge is 2.00. The molecule has 0 spiro atoms. The number of rotatable bonds is 6. The number of thioether (sulfide) groups is 1. The summed E-state index contributed by atoms with van der Waals surface area (Å²) < 4.78 is 0. The van der Waals surface area contributed by atoms with Crippen LogP contribution in [0.5, 0.6) is 0 Å². The summed E-state index contributed by atoms with van der Waals surface area (Å²) in [6.45, 7) is 12.4. The molecular weight excluding hydrogens is 216 g/mol. The minimum absolute atomic E-state index is 0.552. The molecule has 0 heterocycles. The number of nitrogens with one attached hydrogen (secondary N) is 1. The van der Waals surface area contributed by atoms with Crippen molar-refractivity contribution in [1.29, 1.82) is 0 Å². The maximum Gasteiger partial charge on any atom is 0.191 e. The molecule has 1 aromatic rings. The van der Waals surface area contributed by atoms with Crippen LogP contribution in [-0.2, 0) is 5.75 Å². The molecule has 1 N–H and O–H groups in total. The zero-order chi connectivity index (χ0) is 11.8. The van der Waals surface area contributed by atoms with Gasteiger partial charge in [-0.25, -0.2) is 4.85 Å². The smallest absolute Gasteiger partial charge is 0.191 e. The lowest BCUT2D eigenvalue weighted by Gasteiger charge is -2.08. The van der Waals surface area contributed by atoms with E-state index in [-0.39, 0.29) is 0 Å². The highest BCUT2D eigenvalue weighted by Crippen LogP contribution is 2.22. The zero-order valence-corrected chi connectivity index (χ0v) is 10.7. The van der Waals surface area contributed by atoms with Crippen molar-refractivity contribution in [1.82, 2.24) is 5.32 Å². The fourth-order valence-corrected chi connectivity index (χ4v) is 2.21. The van der Waals surface area contributed by atoms with Gasteiger partial charge in [0.05, 0.1) is 6.57 Å². The number of para-hydroxylation sites is 1. The Labute approximate surface area is 102 Å². The van der Waals surface area contributed by atoms with Gasteiger partial charge >= 0.3 is 0 Å². The van der Waals surface area contributed by atoms with E-state index < -0.39 is 0 Å². The lowest BCUT2D eigenvalue weighted by atomic mass is 10.2. The van der Waals surface area contributed by atoms with Crippen molar-refractivity contribution in [2.45, 2.75) is 25.6 Å². The lowest BCUT2D eigenvalue weighted by molar-refractivity contribution is 0.616. The Morgan fingerprint density at radius 3 is 2.81 bits per heavy atom. The van der Waals surface area contributed by atoms with E-state index in [2.05, 4.69) is 24.0 Å². The van der Waals surface area contributed by atoms with Gasteiger partial charge in [-0.3, -0.25) is 0 Å². The molecule has 0 aromatic heterocycles. The Bertz CT molecular complexity index is 355. The highest BCUT2D eigenvalue weighted by molar-refractivity contribution is 7.98. The summed E-state index contributed by atoms with van der Waals surface area (Å²) in [6.07, 6.45) is 0. The molecule has 0 aliphatic carbocycles. The van der Waals surface area contributed by atoms with Crippen LogP contribution >= 0.6 is 11.8 Å². The van der Waals surface area contributed by atoms with Crippen LogP contribution in [0.4, 0.5) is 5.69 Å². The molecule has 16 heavy (non-hydrogen) atoms. The predicted molar refractivity (Wildman–Crippen MR) is 72.0 cm³/mol. The lowest BCUT2D eigenvalue weighted by Crippen LogP contribution is -2.24. The maximum atomic E-state index is 7.06. The van der Waals surface area contributed by atoms with Crippen LogP contribution in [0.15, 0.2) is 24.3 Å². The van der Waals surface area contributed by atoms with Crippen molar-refractivity contribution in [2.75, 3.05) is 12.3 Å². The summed E-state index contributed by atoms with van der Waals surface area (Å²) in [5, 5.41) is 3.38. The van der Waals surface area contributed by atoms with Gasteiger partial charge in [0.1, 0.15) is 0 Å². The van der Waals surface area contributed by atoms with Crippen LogP contribution < -0.4 is 5.32 Å². The second kappa shape index (κ2) is 7.32. The predicted octanol–water partition coefficient (Wildman–Crippen LogP) is 3.47. The molecule has 0 unspecified atom stereocenters. The van der Waals surface area contributed by atoms with Crippen molar-refractivity contribution in [2.24, 2.45) is 0 Å². The van der Waals surface area contributed by atoms with Gasteiger partial charge in [0.2, 0.25) is 0 Å². The van der Waals surface area contributed by atoms with Gasteiger partial charge in [0, 0.05) is 24.1 Å². The van der Waals surface area contributed by atoms with Gasteiger partial charge in [-0.05, 0) is 5.56 Å². The highest BCUT2D eigenvalue weighted by atomic mass is 32.2. The molecule has 0 aliphatic heterocycles. The van der Waals surface area contributed by atoms with E-state index >= 15 is 0 Å². The molecule has 0 saturated heterocycles. The van der Waals surface area contributed by atoms with Crippen LogP contribution in [0.3, 0.4) is 0 Å². The number of nitrogens with zero attached hydrogens (tertiary/aromatic N) is 1. The standard InChI is InChI=1S/C13H18N2S/c1-11(2)15-8-9-16-10-12-6-4-5-7-13(12)14-3/h4-7,11,15H,8-10H2,1-2H3. The van der Waals surface area contributed by atoms with Crippen LogP contribution in [0.2, 0.25) is 0 Å². The molecule has 2 nitrogen and oxygen atoms in total. The minimum atomic E-state index is 0.552. The van der Waals surface area contributed by atoms with Crippen molar-refractivity contribution >= 4 is 17.4 Å². The van der Waals surface area contributed by atoms with Gasteiger partial charge < -0.3 is 5.32 Å². The summed E-state index contributed by atoms with van der Waals surface area (Å²) in [7, 11) is 0. The van der Waals surface area contributed by atoms with E-state index in [4.69, 9.17) is 6.57 Å². The first-order chi connectivity index (χ1) is 7.74. The zero-order valence-electron chi connectivity index (χ0n) is 9.86. The molecule has 0 radical (unpaired) electrons. The van der Waals surface area contributed by atoms with Crippen LogP contribution in [0.25, 0.3) is 4.85 Å². The quantitative estimate of drug-likeness (QED) is 0.599. The van der Waals surface area contributed by atoms with Gasteiger partial charge in [0.15, 0.2) is 5.69 Å². The summed E-state index contributed by atoms with van der Waals surface area (Å²) in [5.74, 6) is 2.02. The molecule has 0 aliphatic rings. The summed E-state index contributed by atoms with van der Waals surface area (Å²) in [5.41, 5.74) is 1.93.